The molecule has 0 aromatic carbocycles. The summed E-state index contributed by atoms with van der Waals surface area (Å²) in [5, 5.41) is 212. The van der Waals surface area contributed by atoms with Gasteiger partial charge in [0.15, 0.2) is 56.6 Å². The molecular weight excluding hydrogens is 1130 g/mol. The summed E-state index contributed by atoms with van der Waals surface area (Å²) in [6.07, 6.45) is -59.5. The van der Waals surface area contributed by atoms with Gasteiger partial charge in [-0.15, -0.1) is 0 Å². The van der Waals surface area contributed by atoms with Gasteiger partial charge in [0, 0.05) is 0 Å². The molecule has 37 nitrogen and oxygen atoms in total. The zero-order valence-electron chi connectivity index (χ0n) is 43.0. The largest absolute Gasteiger partial charge is 0.388 e. The molecule has 0 amide bonds. The number of hydrogen-bond donors (Lipinski definition) is 20. The van der Waals surface area contributed by atoms with E-state index in [0.717, 1.165) is 0 Å². The van der Waals surface area contributed by atoms with Crippen LogP contribution in [0.1, 0.15) is 0 Å². The van der Waals surface area contributed by atoms with Gasteiger partial charge in [0.1, 0.15) is 165 Å². The van der Waals surface area contributed by atoms with Crippen molar-refractivity contribution in [2.75, 3.05) is 59.5 Å². The fourth-order valence-electron chi connectivity index (χ4n) is 10.2. The molecule has 9 rings (SSSR count). The average molecular weight is 1210 g/mol. The number of ether oxygens (including phenoxy) is 17. The van der Waals surface area contributed by atoms with E-state index in [9.17, 15) is 102 Å². The summed E-state index contributed by atoms with van der Waals surface area (Å²) in [7, 11) is 0. The first-order chi connectivity index (χ1) is 38.9. The third kappa shape index (κ3) is 14.0. The molecule has 0 aromatic heterocycles. The summed E-state index contributed by atoms with van der Waals surface area (Å²) in [4.78, 5) is 0. The third-order valence-corrected chi connectivity index (χ3v) is 15.4. The number of aliphatic hydroxyl groups is 20. The van der Waals surface area contributed by atoms with Crippen LogP contribution in [-0.4, -0.2) is 383 Å². The quantitative estimate of drug-likeness (QED) is 0.0682. The van der Waals surface area contributed by atoms with Crippen LogP contribution >= 0.6 is 0 Å². The number of hydrogen-bond acceptors (Lipinski definition) is 37. The summed E-state index contributed by atoms with van der Waals surface area (Å²) in [5.41, 5.74) is 0. The van der Waals surface area contributed by atoms with Crippen molar-refractivity contribution < 1.29 is 183 Å². The second-order valence-electron chi connectivity index (χ2n) is 21.1. The summed E-state index contributed by atoms with van der Waals surface area (Å²) in [6, 6.07) is 0. The fourth-order valence-corrected chi connectivity index (χ4v) is 10.2. The van der Waals surface area contributed by atoms with Crippen LogP contribution in [0.15, 0.2) is 0 Å². The summed E-state index contributed by atoms with van der Waals surface area (Å²) >= 11 is 0. The van der Waals surface area contributed by atoms with Crippen LogP contribution in [-0.2, 0) is 80.5 Å². The van der Waals surface area contributed by atoms with Crippen molar-refractivity contribution >= 4 is 0 Å². The topological polar surface area (TPSA) is 562 Å². The highest BCUT2D eigenvalue weighted by molar-refractivity contribution is 4.96. The third-order valence-electron chi connectivity index (χ3n) is 15.4. The molecule has 0 spiro atoms. The van der Waals surface area contributed by atoms with E-state index >= 15 is 0 Å². The molecule has 9 saturated heterocycles. The number of aliphatic hydroxyl groups excluding tert-OH is 20. The molecule has 9 aliphatic heterocycles. The first-order valence-corrected chi connectivity index (χ1v) is 26.3. The Kier molecular flexibility index (Phi) is 22.1. The van der Waals surface area contributed by atoms with E-state index in [0.29, 0.717) is 0 Å². The smallest absolute Gasteiger partial charge is 0.186 e. The number of rotatable bonds is 16. The Morgan fingerprint density at radius 2 is 0.329 bits per heavy atom. The molecule has 9 unspecified atom stereocenters. The van der Waals surface area contributed by atoms with Crippen molar-refractivity contribution in [2.45, 2.75) is 221 Å². The highest BCUT2D eigenvalue weighted by Gasteiger charge is 2.54. The molecule has 82 heavy (non-hydrogen) atoms. The molecule has 476 valence electrons. The van der Waals surface area contributed by atoms with Gasteiger partial charge in [-0.25, -0.2) is 0 Å². The lowest BCUT2D eigenvalue weighted by molar-refractivity contribution is -0.369. The highest BCUT2D eigenvalue weighted by atomic mass is 16.8. The highest BCUT2D eigenvalue weighted by Crippen LogP contribution is 2.34. The molecule has 9 fully saturated rings. The van der Waals surface area contributed by atoms with Gasteiger partial charge in [-0.1, -0.05) is 0 Å². The predicted molar refractivity (Wildman–Crippen MR) is 243 cm³/mol. The molecule has 0 radical (unpaired) electrons. The second-order valence-corrected chi connectivity index (χ2v) is 21.1. The Labute approximate surface area is 463 Å². The van der Waals surface area contributed by atoms with Gasteiger partial charge < -0.3 is 183 Å². The Morgan fingerprint density at radius 1 is 0.171 bits per heavy atom. The molecular formula is C45H74O37. The minimum Gasteiger partial charge on any atom is -0.388 e. The van der Waals surface area contributed by atoms with Crippen molar-refractivity contribution in [3.63, 3.8) is 0 Å². The van der Waals surface area contributed by atoms with E-state index in [4.69, 9.17) is 80.5 Å². The van der Waals surface area contributed by atoms with Crippen molar-refractivity contribution in [1.29, 1.82) is 0 Å². The van der Waals surface area contributed by atoms with Crippen LogP contribution in [0.25, 0.3) is 0 Å². The van der Waals surface area contributed by atoms with Crippen molar-refractivity contribution in [1.82, 2.24) is 0 Å². The van der Waals surface area contributed by atoms with Gasteiger partial charge >= 0.3 is 0 Å². The minimum atomic E-state index is -1.92. The van der Waals surface area contributed by atoms with E-state index in [2.05, 4.69) is 0 Å². The zero-order chi connectivity index (χ0) is 59.2. The van der Waals surface area contributed by atoms with Crippen LogP contribution in [0.3, 0.4) is 0 Å². The van der Waals surface area contributed by atoms with Gasteiger partial charge in [-0.3, -0.25) is 0 Å². The maximum absolute atomic E-state index is 11.0. The lowest BCUT2D eigenvalue weighted by Crippen LogP contribution is -2.63. The summed E-state index contributed by atoms with van der Waals surface area (Å²) in [5.74, 6) is 0. The van der Waals surface area contributed by atoms with Gasteiger partial charge in [0.05, 0.1) is 59.5 Å². The standard InChI is InChI=1S/C45H74O37/c46-10-1-67-38(29(57)19(10)47)76-12-3-69-40(31(59)21(12)49)78-14-5-71-42(33(61)23(14)51)80-16-7-73-44(35(63)25(16)53)82-18-9-74-45(36(64)27(18)55)81-17-8-72-43(34(62)26(17)54)79-15-6-70-41(32(60)24(15)52)77-13-4-68-39(30(58)22(13)50)75-11-2-66-37(65)28(56)20(11)48/h10-65H,1-9H2/t10-,11-,12-,13-,14-,15-,16-,17-,18-,19+,20+,21+,22+,23+,24+,25+,26+,27+,28?,29?,30?,31?,32?,33?,34?,35?,36?,37-,38+,39-,40+,41-,42-,43-,44-,45-/m1/s1. The van der Waals surface area contributed by atoms with Crippen LogP contribution in [0.4, 0.5) is 0 Å². The van der Waals surface area contributed by atoms with Crippen LogP contribution in [0.5, 0.6) is 0 Å². The minimum absolute atomic E-state index is 0.392. The van der Waals surface area contributed by atoms with E-state index in [1.165, 1.54) is 0 Å². The lowest BCUT2D eigenvalue weighted by atomic mass is 10.0. The van der Waals surface area contributed by atoms with Crippen LogP contribution in [0.2, 0.25) is 0 Å². The van der Waals surface area contributed by atoms with Crippen LogP contribution in [0, 0.1) is 0 Å². The van der Waals surface area contributed by atoms with Crippen molar-refractivity contribution in [3.05, 3.63) is 0 Å². The zero-order valence-corrected chi connectivity index (χ0v) is 43.0. The molecule has 20 N–H and O–H groups in total. The van der Waals surface area contributed by atoms with E-state index in [1.54, 1.807) is 0 Å². The average Bonchev–Trinajstić information content (AvgIpc) is 3.59. The lowest BCUT2D eigenvalue weighted by Gasteiger charge is -2.46. The van der Waals surface area contributed by atoms with Gasteiger partial charge in [0.2, 0.25) is 0 Å². The van der Waals surface area contributed by atoms with E-state index < -0.39 is 281 Å². The monoisotopic (exact) mass is 1210 g/mol. The normalized spacial score (nSPS) is 54.6. The van der Waals surface area contributed by atoms with Crippen LogP contribution < -0.4 is 0 Å². The van der Waals surface area contributed by atoms with Gasteiger partial charge in [-0.05, 0) is 0 Å². The van der Waals surface area contributed by atoms with Gasteiger partial charge in [0.25, 0.3) is 0 Å². The molecule has 9 heterocycles. The molecule has 0 aliphatic carbocycles. The summed E-state index contributed by atoms with van der Waals surface area (Å²) < 4.78 is 93.3. The maximum atomic E-state index is 11.0. The molecule has 0 bridgehead atoms. The maximum Gasteiger partial charge on any atom is 0.186 e. The van der Waals surface area contributed by atoms with E-state index in [1.807, 2.05) is 0 Å². The molecule has 0 aromatic rings. The Bertz CT molecular complexity index is 1840. The summed E-state index contributed by atoms with van der Waals surface area (Å²) in [6.45, 7) is -4.37. The molecule has 36 atom stereocenters. The molecule has 0 saturated carbocycles. The second kappa shape index (κ2) is 27.9. The van der Waals surface area contributed by atoms with Gasteiger partial charge in [-0.2, -0.15) is 0 Å². The fraction of sp³-hybridized carbons (Fsp3) is 1.00. The first-order valence-electron chi connectivity index (χ1n) is 26.3. The predicted octanol–water partition coefficient (Wildman–Crippen LogP) is -14.9. The Balaban J connectivity index is 0.669. The Morgan fingerprint density at radius 3 is 0.537 bits per heavy atom. The molecule has 37 heteroatoms. The van der Waals surface area contributed by atoms with E-state index in [-0.39, 0.29) is 0 Å². The van der Waals surface area contributed by atoms with Crippen molar-refractivity contribution in [2.24, 2.45) is 0 Å². The molecule has 9 aliphatic rings. The SMILES string of the molecule is OC1[C@H](O[C@@H]2CO[C@@H](O[C@@H]3CO[C@H](O[C@@H]4CO[C@H](O[C@@H]5CO[C@H](O[C@@H]6CO[C@H](O[C@@H]7CO[C@H](O[C@@H]8CO[C@H](O[C@@H]9CO[C@@H](O)C(O)[C@H]9O)C(O)[C@H]8O)C(O)[C@H]7O)C(O)[C@H]6O)C(O)[C@H]5O)C(O)[C@H]4O)C(O)[C@H]3O)C(O)[C@H]2O)OC[C@@H](O)[C@@H]1O. The van der Waals surface area contributed by atoms with Crippen molar-refractivity contribution in [3.8, 4) is 0 Å². The Hall–Kier alpha value is -1.48. The first kappa shape index (κ1) is 65.0.